The molecule has 0 spiro atoms. The van der Waals surface area contributed by atoms with Gasteiger partial charge in [0.1, 0.15) is 0 Å². The van der Waals surface area contributed by atoms with Gasteiger partial charge in [0, 0.05) is 27.1 Å². The summed E-state index contributed by atoms with van der Waals surface area (Å²) >= 11 is 0. The van der Waals surface area contributed by atoms with Crippen molar-refractivity contribution in [3.63, 3.8) is 0 Å². The summed E-state index contributed by atoms with van der Waals surface area (Å²) in [5.41, 5.74) is 14.2. The number of hydrogen-bond donors (Lipinski definition) is 0. The second-order valence-electron chi connectivity index (χ2n) is 10.1. The molecule has 2 aromatic heterocycles. The number of aromatic nitrogens is 1. The molecule has 0 fully saturated rings. The van der Waals surface area contributed by atoms with Crippen molar-refractivity contribution in [1.29, 1.82) is 0 Å². The van der Waals surface area contributed by atoms with Crippen molar-refractivity contribution in [3.8, 4) is 44.5 Å². The molecule has 0 saturated carbocycles. The van der Waals surface area contributed by atoms with Crippen LogP contribution >= 0.6 is 0 Å². The molecule has 0 atom stereocenters. The van der Waals surface area contributed by atoms with Crippen molar-refractivity contribution in [1.82, 2.24) is 4.40 Å². The molecular formula is C36H21N. The summed E-state index contributed by atoms with van der Waals surface area (Å²) in [5.74, 6) is 0. The van der Waals surface area contributed by atoms with Crippen LogP contribution in [0.5, 0.6) is 0 Å². The number of fused-ring (bicyclic) bond motifs is 15. The van der Waals surface area contributed by atoms with Crippen molar-refractivity contribution in [3.05, 3.63) is 127 Å². The molecule has 170 valence electrons. The minimum absolute atomic E-state index is 1.27. The number of benzene rings is 6. The predicted octanol–water partition coefficient (Wildman–Crippen LogP) is 9.82. The highest BCUT2D eigenvalue weighted by Crippen LogP contribution is 2.51. The summed E-state index contributed by atoms with van der Waals surface area (Å²) in [5, 5.41) is 5.27. The van der Waals surface area contributed by atoms with Gasteiger partial charge in [-0.15, -0.1) is 0 Å². The van der Waals surface area contributed by atoms with Crippen molar-refractivity contribution in [2.45, 2.75) is 0 Å². The molecule has 1 aliphatic carbocycles. The van der Waals surface area contributed by atoms with E-state index in [0.29, 0.717) is 0 Å². The molecule has 0 bridgehead atoms. The molecule has 9 rings (SSSR count). The summed E-state index contributed by atoms with van der Waals surface area (Å²) in [4.78, 5) is 0. The highest BCUT2D eigenvalue weighted by Gasteiger charge is 2.26. The quantitative estimate of drug-likeness (QED) is 0.209. The molecule has 1 heteroatoms. The van der Waals surface area contributed by atoms with Gasteiger partial charge in [-0.2, -0.15) is 0 Å². The van der Waals surface area contributed by atoms with Crippen LogP contribution in [0.4, 0.5) is 0 Å². The second-order valence-corrected chi connectivity index (χ2v) is 10.1. The zero-order chi connectivity index (χ0) is 24.1. The lowest BCUT2D eigenvalue weighted by Crippen LogP contribution is -1.98. The standard InChI is InChI=1S/C36H21N/c1-2-11-23-22(10-1)24-12-3-4-14-26(24)29-20-21-32-31-18-9-17-30-27-15-7-8-19-33(27)37(35(30)31)36(32)34(29)28-16-6-5-13-25(23)28/h1-21H. The van der Waals surface area contributed by atoms with E-state index in [-0.39, 0.29) is 0 Å². The van der Waals surface area contributed by atoms with Gasteiger partial charge in [-0.1, -0.05) is 121 Å². The lowest BCUT2D eigenvalue weighted by Gasteiger charge is -2.23. The third-order valence-electron chi connectivity index (χ3n) is 8.31. The van der Waals surface area contributed by atoms with E-state index in [1.807, 2.05) is 0 Å². The van der Waals surface area contributed by atoms with Crippen LogP contribution in [0.15, 0.2) is 127 Å². The fraction of sp³-hybridized carbons (Fsp3) is 0. The maximum atomic E-state index is 2.53. The number of nitrogens with zero attached hydrogens (tertiary/aromatic N) is 1. The van der Waals surface area contributed by atoms with Gasteiger partial charge in [0.2, 0.25) is 0 Å². The first-order chi connectivity index (χ1) is 18.4. The van der Waals surface area contributed by atoms with Crippen LogP contribution in [0.2, 0.25) is 0 Å². The van der Waals surface area contributed by atoms with E-state index < -0.39 is 0 Å². The van der Waals surface area contributed by atoms with Gasteiger partial charge < -0.3 is 4.40 Å². The second kappa shape index (κ2) is 6.87. The van der Waals surface area contributed by atoms with Gasteiger partial charge in [0.05, 0.1) is 16.6 Å². The molecule has 2 heterocycles. The average molecular weight is 468 g/mol. The summed E-state index contributed by atoms with van der Waals surface area (Å²) < 4.78 is 2.53. The van der Waals surface area contributed by atoms with E-state index in [1.165, 1.54) is 82.6 Å². The Balaban J connectivity index is 1.60. The van der Waals surface area contributed by atoms with E-state index in [2.05, 4.69) is 132 Å². The van der Waals surface area contributed by atoms with Crippen LogP contribution in [0.1, 0.15) is 0 Å². The number of para-hydroxylation sites is 2. The Hall–Kier alpha value is -4.88. The average Bonchev–Trinajstić information content (AvgIpc) is 3.48. The maximum Gasteiger partial charge on any atom is 0.0626 e. The Bertz CT molecular complexity index is 2190. The van der Waals surface area contributed by atoms with Crippen molar-refractivity contribution in [2.75, 3.05) is 0 Å². The van der Waals surface area contributed by atoms with Crippen LogP contribution < -0.4 is 0 Å². The fourth-order valence-corrected chi connectivity index (χ4v) is 6.85. The molecule has 0 aliphatic heterocycles. The van der Waals surface area contributed by atoms with Gasteiger partial charge in [-0.05, 0) is 45.0 Å². The highest BCUT2D eigenvalue weighted by molar-refractivity contribution is 6.26. The molecule has 0 radical (unpaired) electrons. The van der Waals surface area contributed by atoms with E-state index >= 15 is 0 Å². The first-order valence-electron chi connectivity index (χ1n) is 12.9. The molecule has 6 aromatic carbocycles. The maximum absolute atomic E-state index is 2.53. The Morgan fingerprint density at radius 3 is 1.43 bits per heavy atom. The summed E-state index contributed by atoms with van der Waals surface area (Å²) in [6, 6.07) is 47.0. The van der Waals surface area contributed by atoms with Crippen LogP contribution in [0, 0.1) is 0 Å². The van der Waals surface area contributed by atoms with Gasteiger partial charge in [-0.25, -0.2) is 0 Å². The molecule has 37 heavy (non-hydrogen) atoms. The van der Waals surface area contributed by atoms with E-state index in [0.717, 1.165) is 0 Å². The van der Waals surface area contributed by atoms with Crippen LogP contribution in [-0.4, -0.2) is 4.40 Å². The normalized spacial score (nSPS) is 12.3. The van der Waals surface area contributed by atoms with Gasteiger partial charge in [-0.3, -0.25) is 0 Å². The van der Waals surface area contributed by atoms with Gasteiger partial charge in [0.15, 0.2) is 0 Å². The topological polar surface area (TPSA) is 4.41 Å². The van der Waals surface area contributed by atoms with Crippen molar-refractivity contribution >= 4 is 38.1 Å². The minimum Gasteiger partial charge on any atom is -0.307 e. The summed E-state index contributed by atoms with van der Waals surface area (Å²) in [7, 11) is 0. The Labute approximate surface area is 214 Å². The third kappa shape index (κ3) is 2.34. The van der Waals surface area contributed by atoms with Crippen LogP contribution in [0.3, 0.4) is 0 Å². The predicted molar refractivity (Wildman–Crippen MR) is 156 cm³/mol. The van der Waals surface area contributed by atoms with E-state index in [1.54, 1.807) is 0 Å². The van der Waals surface area contributed by atoms with Crippen LogP contribution in [-0.2, 0) is 0 Å². The van der Waals surface area contributed by atoms with Crippen molar-refractivity contribution < 1.29 is 0 Å². The highest BCUT2D eigenvalue weighted by atomic mass is 14.9. The molecule has 8 aromatic rings. The monoisotopic (exact) mass is 467 g/mol. The van der Waals surface area contributed by atoms with Gasteiger partial charge >= 0.3 is 0 Å². The van der Waals surface area contributed by atoms with Crippen LogP contribution in [0.25, 0.3) is 82.6 Å². The molecular weight excluding hydrogens is 446 g/mol. The Morgan fingerprint density at radius 2 is 0.757 bits per heavy atom. The first kappa shape index (κ1) is 19.3. The molecule has 0 N–H and O–H groups in total. The fourth-order valence-electron chi connectivity index (χ4n) is 6.85. The first-order valence-corrected chi connectivity index (χ1v) is 12.9. The summed E-state index contributed by atoms with van der Waals surface area (Å²) in [6.07, 6.45) is 0. The Kier molecular flexibility index (Phi) is 3.59. The van der Waals surface area contributed by atoms with E-state index in [9.17, 15) is 0 Å². The van der Waals surface area contributed by atoms with Gasteiger partial charge in [0.25, 0.3) is 0 Å². The lowest BCUT2D eigenvalue weighted by atomic mass is 9.80. The number of hydrogen-bond acceptors (Lipinski definition) is 0. The molecule has 0 unspecified atom stereocenters. The molecule has 0 saturated heterocycles. The smallest absolute Gasteiger partial charge is 0.0626 e. The van der Waals surface area contributed by atoms with E-state index in [4.69, 9.17) is 0 Å². The minimum atomic E-state index is 1.27. The van der Waals surface area contributed by atoms with Crippen molar-refractivity contribution in [2.24, 2.45) is 0 Å². The lowest BCUT2D eigenvalue weighted by molar-refractivity contribution is 1.37. The largest absolute Gasteiger partial charge is 0.307 e. The Morgan fingerprint density at radius 1 is 0.297 bits per heavy atom. The molecule has 1 aliphatic rings. The summed E-state index contributed by atoms with van der Waals surface area (Å²) in [6.45, 7) is 0. The molecule has 0 amide bonds. The molecule has 1 nitrogen and oxygen atoms in total. The number of rotatable bonds is 0. The third-order valence-corrected chi connectivity index (χ3v) is 8.31. The zero-order valence-corrected chi connectivity index (χ0v) is 20.1. The SMILES string of the molecule is c1ccc2c(c1)-c1ccccc1-c1ccc3c4cccc5c6ccccc6n(c3c1-c1ccccc1-2)c54. The zero-order valence-electron chi connectivity index (χ0n) is 20.1.